The standard InChI is InChI=1S/C14H17N3OS/c1-11-13(19-10-16-11)9-17(2)14(18)8-15-12-6-4-3-5-7-12/h3-7,10,15H,8-9H2,1-2H3. The minimum atomic E-state index is 0.0663. The monoisotopic (exact) mass is 275 g/mol. The van der Waals surface area contributed by atoms with Crippen LogP contribution >= 0.6 is 11.3 Å². The van der Waals surface area contributed by atoms with E-state index in [9.17, 15) is 4.79 Å². The number of aromatic nitrogens is 1. The Balaban J connectivity index is 1.84. The van der Waals surface area contributed by atoms with Crippen molar-refractivity contribution in [2.24, 2.45) is 0 Å². The first-order chi connectivity index (χ1) is 9.16. The van der Waals surface area contributed by atoms with Crippen molar-refractivity contribution in [1.82, 2.24) is 9.88 Å². The number of benzene rings is 1. The summed E-state index contributed by atoms with van der Waals surface area (Å²) in [5.41, 5.74) is 3.77. The molecule has 0 saturated carbocycles. The molecule has 5 heteroatoms. The number of rotatable bonds is 5. The maximum Gasteiger partial charge on any atom is 0.241 e. The molecule has 2 rings (SSSR count). The molecule has 0 bridgehead atoms. The zero-order valence-corrected chi connectivity index (χ0v) is 11.9. The molecule has 100 valence electrons. The van der Waals surface area contributed by atoms with Gasteiger partial charge in [-0.05, 0) is 19.1 Å². The number of para-hydroxylation sites is 1. The van der Waals surface area contributed by atoms with Crippen LogP contribution in [0.15, 0.2) is 35.8 Å². The van der Waals surface area contributed by atoms with Gasteiger partial charge in [0, 0.05) is 17.6 Å². The van der Waals surface area contributed by atoms with Gasteiger partial charge in [-0.15, -0.1) is 11.3 Å². The summed E-state index contributed by atoms with van der Waals surface area (Å²) in [5.74, 6) is 0.0663. The fraction of sp³-hybridized carbons (Fsp3) is 0.286. The van der Waals surface area contributed by atoms with Crippen LogP contribution in [0.3, 0.4) is 0 Å². The van der Waals surface area contributed by atoms with E-state index in [-0.39, 0.29) is 5.91 Å². The van der Waals surface area contributed by atoms with Gasteiger partial charge < -0.3 is 10.2 Å². The molecule has 1 aromatic heterocycles. The lowest BCUT2D eigenvalue weighted by atomic mass is 10.3. The lowest BCUT2D eigenvalue weighted by Gasteiger charge is -2.17. The number of nitrogens with one attached hydrogen (secondary N) is 1. The number of carbonyl (C=O) groups excluding carboxylic acids is 1. The van der Waals surface area contributed by atoms with Gasteiger partial charge in [0.25, 0.3) is 0 Å². The molecule has 0 aliphatic carbocycles. The Bertz CT molecular complexity index is 539. The summed E-state index contributed by atoms with van der Waals surface area (Å²) in [6.45, 7) is 2.89. The van der Waals surface area contributed by atoms with E-state index in [4.69, 9.17) is 0 Å². The summed E-state index contributed by atoms with van der Waals surface area (Å²) in [6, 6.07) is 9.72. The fourth-order valence-corrected chi connectivity index (χ4v) is 2.48. The molecule has 2 aromatic rings. The Labute approximate surface area is 117 Å². The van der Waals surface area contributed by atoms with E-state index in [1.54, 1.807) is 16.2 Å². The molecular formula is C14H17N3OS. The predicted molar refractivity (Wildman–Crippen MR) is 78.3 cm³/mol. The highest BCUT2D eigenvalue weighted by molar-refractivity contribution is 7.09. The summed E-state index contributed by atoms with van der Waals surface area (Å²) >= 11 is 1.58. The number of nitrogens with zero attached hydrogens (tertiary/aromatic N) is 2. The maximum absolute atomic E-state index is 12.0. The van der Waals surface area contributed by atoms with Crippen molar-refractivity contribution < 1.29 is 4.79 Å². The van der Waals surface area contributed by atoms with E-state index < -0.39 is 0 Å². The summed E-state index contributed by atoms with van der Waals surface area (Å²) < 4.78 is 0. The van der Waals surface area contributed by atoms with Crippen LogP contribution in [0.1, 0.15) is 10.6 Å². The number of hydrogen-bond donors (Lipinski definition) is 1. The Morgan fingerprint density at radius 1 is 1.37 bits per heavy atom. The molecule has 0 atom stereocenters. The van der Waals surface area contributed by atoms with E-state index in [0.29, 0.717) is 13.1 Å². The van der Waals surface area contributed by atoms with Crippen molar-refractivity contribution in [2.75, 3.05) is 18.9 Å². The first-order valence-electron chi connectivity index (χ1n) is 6.08. The number of anilines is 1. The number of carbonyl (C=O) groups is 1. The molecule has 1 amide bonds. The van der Waals surface area contributed by atoms with Crippen LogP contribution in [-0.2, 0) is 11.3 Å². The average molecular weight is 275 g/mol. The highest BCUT2D eigenvalue weighted by atomic mass is 32.1. The fourth-order valence-electron chi connectivity index (χ4n) is 1.65. The largest absolute Gasteiger partial charge is 0.376 e. The van der Waals surface area contributed by atoms with Gasteiger partial charge in [0.15, 0.2) is 0 Å². The van der Waals surface area contributed by atoms with Crippen LogP contribution in [0.4, 0.5) is 5.69 Å². The molecule has 0 saturated heterocycles. The van der Waals surface area contributed by atoms with Gasteiger partial charge >= 0.3 is 0 Å². The number of hydrogen-bond acceptors (Lipinski definition) is 4. The summed E-state index contributed by atoms with van der Waals surface area (Å²) in [5, 5.41) is 3.12. The highest BCUT2D eigenvalue weighted by Crippen LogP contribution is 2.14. The van der Waals surface area contributed by atoms with Gasteiger partial charge in [0.2, 0.25) is 5.91 Å². The topological polar surface area (TPSA) is 45.2 Å². The lowest BCUT2D eigenvalue weighted by molar-refractivity contribution is -0.128. The molecule has 1 aromatic carbocycles. The maximum atomic E-state index is 12.0. The van der Waals surface area contributed by atoms with Gasteiger partial charge in [-0.1, -0.05) is 18.2 Å². The van der Waals surface area contributed by atoms with E-state index in [2.05, 4.69) is 10.3 Å². The summed E-state index contributed by atoms with van der Waals surface area (Å²) in [7, 11) is 1.81. The first kappa shape index (κ1) is 13.5. The molecule has 0 radical (unpaired) electrons. The second-order valence-corrected chi connectivity index (χ2v) is 5.27. The van der Waals surface area contributed by atoms with Gasteiger partial charge in [0.1, 0.15) is 0 Å². The molecule has 0 aliphatic rings. The molecule has 0 unspecified atom stereocenters. The van der Waals surface area contributed by atoms with Crippen molar-refractivity contribution >= 4 is 22.9 Å². The van der Waals surface area contributed by atoms with Crippen LogP contribution in [0.5, 0.6) is 0 Å². The minimum absolute atomic E-state index is 0.0663. The second-order valence-electron chi connectivity index (χ2n) is 4.33. The number of thiazole rings is 1. The van der Waals surface area contributed by atoms with Gasteiger partial charge in [-0.2, -0.15) is 0 Å². The van der Waals surface area contributed by atoms with Crippen LogP contribution in [0.2, 0.25) is 0 Å². The van der Waals surface area contributed by atoms with Crippen LogP contribution in [-0.4, -0.2) is 29.4 Å². The average Bonchev–Trinajstić information content (AvgIpc) is 2.82. The van der Waals surface area contributed by atoms with E-state index in [1.165, 1.54) is 0 Å². The number of amides is 1. The third kappa shape index (κ3) is 3.79. The number of likely N-dealkylation sites (N-methyl/N-ethyl adjacent to an activating group) is 1. The lowest BCUT2D eigenvalue weighted by Crippen LogP contribution is -2.31. The Kier molecular flexibility index (Phi) is 4.52. The van der Waals surface area contributed by atoms with E-state index in [0.717, 1.165) is 16.3 Å². The van der Waals surface area contributed by atoms with E-state index >= 15 is 0 Å². The molecule has 4 nitrogen and oxygen atoms in total. The Hall–Kier alpha value is -1.88. The SMILES string of the molecule is Cc1ncsc1CN(C)C(=O)CNc1ccccc1. The van der Waals surface area contributed by atoms with Crippen LogP contribution in [0.25, 0.3) is 0 Å². The quantitative estimate of drug-likeness (QED) is 0.912. The molecule has 0 aliphatic heterocycles. The van der Waals surface area contributed by atoms with Crippen molar-refractivity contribution in [3.8, 4) is 0 Å². The minimum Gasteiger partial charge on any atom is -0.376 e. The number of aryl methyl sites for hydroxylation is 1. The summed E-state index contributed by atoms with van der Waals surface area (Å²) in [4.78, 5) is 19.0. The summed E-state index contributed by atoms with van der Waals surface area (Å²) in [6.07, 6.45) is 0. The predicted octanol–water partition coefficient (Wildman–Crippen LogP) is 2.52. The van der Waals surface area contributed by atoms with Crippen molar-refractivity contribution in [3.63, 3.8) is 0 Å². The molecule has 0 spiro atoms. The van der Waals surface area contributed by atoms with Gasteiger partial charge in [-0.3, -0.25) is 4.79 Å². The van der Waals surface area contributed by atoms with Crippen molar-refractivity contribution in [2.45, 2.75) is 13.5 Å². The third-order valence-electron chi connectivity index (χ3n) is 2.87. The first-order valence-corrected chi connectivity index (χ1v) is 6.96. The van der Waals surface area contributed by atoms with Crippen molar-refractivity contribution in [1.29, 1.82) is 0 Å². The second kappa shape index (κ2) is 6.33. The van der Waals surface area contributed by atoms with Crippen LogP contribution in [0, 0.1) is 6.92 Å². The van der Waals surface area contributed by atoms with Crippen molar-refractivity contribution in [3.05, 3.63) is 46.4 Å². The molecule has 0 fully saturated rings. The third-order valence-corrected chi connectivity index (χ3v) is 3.79. The molecule has 19 heavy (non-hydrogen) atoms. The highest BCUT2D eigenvalue weighted by Gasteiger charge is 2.11. The van der Waals surface area contributed by atoms with Gasteiger partial charge in [0.05, 0.1) is 24.3 Å². The van der Waals surface area contributed by atoms with Gasteiger partial charge in [-0.25, -0.2) is 4.98 Å². The zero-order chi connectivity index (χ0) is 13.7. The molecule has 1 heterocycles. The Morgan fingerprint density at radius 3 is 2.74 bits per heavy atom. The normalized spacial score (nSPS) is 10.2. The van der Waals surface area contributed by atoms with E-state index in [1.807, 2.05) is 49.8 Å². The molecule has 1 N–H and O–H groups in total. The smallest absolute Gasteiger partial charge is 0.241 e. The molecular weight excluding hydrogens is 258 g/mol. The zero-order valence-electron chi connectivity index (χ0n) is 11.1. The Morgan fingerprint density at radius 2 is 2.11 bits per heavy atom. The van der Waals surface area contributed by atoms with Crippen LogP contribution < -0.4 is 5.32 Å².